The molecule has 86 valence electrons. The summed E-state index contributed by atoms with van der Waals surface area (Å²) in [5.41, 5.74) is 0.669. The van der Waals surface area contributed by atoms with Crippen LogP contribution in [0.15, 0.2) is 17.4 Å². The molecule has 0 fully saturated rings. The lowest BCUT2D eigenvalue weighted by atomic mass is 10.3. The van der Waals surface area contributed by atoms with Crippen LogP contribution in [0.3, 0.4) is 0 Å². The summed E-state index contributed by atoms with van der Waals surface area (Å²) in [5, 5.41) is 12.3. The Labute approximate surface area is 98.0 Å². The zero-order valence-electron chi connectivity index (χ0n) is 9.10. The van der Waals surface area contributed by atoms with Crippen molar-refractivity contribution in [2.75, 3.05) is 18.1 Å². The van der Waals surface area contributed by atoms with E-state index >= 15 is 0 Å². The molecule has 2 N–H and O–H groups in total. The maximum absolute atomic E-state index is 10.4. The lowest BCUT2D eigenvalue weighted by Crippen LogP contribution is -2.03. The van der Waals surface area contributed by atoms with E-state index in [1.807, 2.05) is 13.2 Å². The molecule has 6 heteroatoms. The van der Waals surface area contributed by atoms with Crippen LogP contribution in [0.2, 0.25) is 0 Å². The van der Waals surface area contributed by atoms with Gasteiger partial charge in [0.2, 0.25) is 0 Å². The average Bonchev–Trinajstić information content (AvgIpc) is 2.27. The second-order valence-electron chi connectivity index (χ2n) is 2.86. The Morgan fingerprint density at radius 3 is 3.00 bits per heavy atom. The molecule has 0 saturated carbocycles. The molecule has 0 unspecified atom stereocenters. The lowest BCUT2D eigenvalue weighted by molar-refractivity contribution is -0.131. The van der Waals surface area contributed by atoms with E-state index in [1.165, 1.54) is 17.8 Å². The van der Waals surface area contributed by atoms with E-state index in [-0.39, 0.29) is 0 Å². The van der Waals surface area contributed by atoms with Crippen molar-refractivity contribution in [1.82, 2.24) is 9.97 Å². The second-order valence-corrected chi connectivity index (χ2v) is 3.64. The molecule has 16 heavy (non-hydrogen) atoms. The number of thioether (sulfide) groups is 1. The van der Waals surface area contributed by atoms with Gasteiger partial charge in [0.05, 0.1) is 0 Å². The molecule has 0 aliphatic carbocycles. The van der Waals surface area contributed by atoms with Crippen LogP contribution in [-0.4, -0.2) is 33.8 Å². The Balaban J connectivity index is 3.02. The minimum Gasteiger partial charge on any atom is -0.478 e. The predicted octanol–water partition coefficient (Wildman–Crippen LogP) is 1.73. The van der Waals surface area contributed by atoms with E-state index in [0.717, 1.165) is 12.6 Å². The Hall–Kier alpha value is -1.56. The third-order valence-electron chi connectivity index (χ3n) is 1.73. The SMILES string of the molecule is CCNc1nc(SC)ncc1C=CC(=O)O. The fourth-order valence-corrected chi connectivity index (χ4v) is 1.41. The predicted molar refractivity (Wildman–Crippen MR) is 64.6 cm³/mol. The normalized spacial score (nSPS) is 10.6. The number of carbonyl (C=O) groups is 1. The lowest BCUT2D eigenvalue weighted by Gasteiger charge is -2.06. The van der Waals surface area contributed by atoms with Crippen molar-refractivity contribution in [1.29, 1.82) is 0 Å². The second kappa shape index (κ2) is 6.12. The summed E-state index contributed by atoms with van der Waals surface area (Å²) in [6, 6.07) is 0. The highest BCUT2D eigenvalue weighted by Crippen LogP contribution is 2.17. The summed E-state index contributed by atoms with van der Waals surface area (Å²) in [5.74, 6) is -0.337. The zero-order valence-corrected chi connectivity index (χ0v) is 9.91. The molecule has 0 aromatic carbocycles. The van der Waals surface area contributed by atoms with Crippen LogP contribution in [0.5, 0.6) is 0 Å². The molecule has 1 aromatic heterocycles. The Kier molecular flexibility index (Phi) is 4.78. The number of nitrogens with zero attached hydrogens (tertiary/aromatic N) is 2. The van der Waals surface area contributed by atoms with Gasteiger partial charge in [0.15, 0.2) is 5.16 Å². The quantitative estimate of drug-likeness (QED) is 0.463. The first-order valence-electron chi connectivity index (χ1n) is 4.73. The maximum Gasteiger partial charge on any atom is 0.328 e. The summed E-state index contributed by atoms with van der Waals surface area (Å²) in [4.78, 5) is 18.8. The zero-order chi connectivity index (χ0) is 12.0. The molecular weight excluding hydrogens is 226 g/mol. The number of carboxylic acid groups (broad SMARTS) is 1. The topological polar surface area (TPSA) is 75.1 Å². The first kappa shape index (κ1) is 12.5. The van der Waals surface area contributed by atoms with Crippen molar-refractivity contribution in [3.8, 4) is 0 Å². The van der Waals surface area contributed by atoms with E-state index in [1.54, 1.807) is 6.20 Å². The van der Waals surface area contributed by atoms with E-state index in [2.05, 4.69) is 15.3 Å². The van der Waals surface area contributed by atoms with Crippen LogP contribution in [-0.2, 0) is 4.79 Å². The number of nitrogens with one attached hydrogen (secondary N) is 1. The standard InChI is InChI=1S/C10H13N3O2S/c1-3-11-9-7(4-5-8(14)15)6-12-10(13-9)16-2/h4-6H,3H2,1-2H3,(H,14,15)(H,11,12,13). The van der Waals surface area contributed by atoms with Gasteiger partial charge in [-0.2, -0.15) is 0 Å². The highest BCUT2D eigenvalue weighted by atomic mass is 32.2. The van der Waals surface area contributed by atoms with E-state index in [0.29, 0.717) is 16.5 Å². The molecule has 0 spiro atoms. The van der Waals surface area contributed by atoms with Crippen LogP contribution < -0.4 is 5.32 Å². The number of carboxylic acids is 1. The van der Waals surface area contributed by atoms with E-state index < -0.39 is 5.97 Å². The average molecular weight is 239 g/mol. The number of aromatic nitrogens is 2. The van der Waals surface area contributed by atoms with E-state index in [4.69, 9.17) is 5.11 Å². The van der Waals surface area contributed by atoms with Crippen molar-refractivity contribution in [3.63, 3.8) is 0 Å². The third-order valence-corrected chi connectivity index (χ3v) is 2.29. The molecule has 0 amide bonds. The molecule has 0 bridgehead atoms. The third kappa shape index (κ3) is 3.54. The number of hydrogen-bond acceptors (Lipinski definition) is 5. The van der Waals surface area contributed by atoms with Gasteiger partial charge in [0, 0.05) is 24.4 Å². The fourth-order valence-electron chi connectivity index (χ4n) is 1.07. The van der Waals surface area contributed by atoms with Crippen LogP contribution in [0.4, 0.5) is 5.82 Å². The van der Waals surface area contributed by atoms with Crippen LogP contribution in [0.25, 0.3) is 6.08 Å². The highest BCUT2D eigenvalue weighted by Gasteiger charge is 2.03. The van der Waals surface area contributed by atoms with Gasteiger partial charge in [-0.1, -0.05) is 11.8 Å². The highest BCUT2D eigenvalue weighted by molar-refractivity contribution is 7.98. The van der Waals surface area contributed by atoms with Crippen LogP contribution in [0, 0.1) is 0 Å². The van der Waals surface area contributed by atoms with Gasteiger partial charge < -0.3 is 10.4 Å². The van der Waals surface area contributed by atoms with Crippen molar-refractivity contribution >= 4 is 29.6 Å². The summed E-state index contributed by atoms with van der Waals surface area (Å²) in [6.45, 7) is 2.67. The van der Waals surface area contributed by atoms with Crippen molar-refractivity contribution in [2.24, 2.45) is 0 Å². The van der Waals surface area contributed by atoms with E-state index in [9.17, 15) is 4.79 Å². The number of rotatable bonds is 5. The Bertz CT molecular complexity index is 407. The molecule has 0 saturated heterocycles. The van der Waals surface area contributed by atoms with Crippen molar-refractivity contribution in [3.05, 3.63) is 17.8 Å². The fraction of sp³-hybridized carbons (Fsp3) is 0.300. The summed E-state index contributed by atoms with van der Waals surface area (Å²) < 4.78 is 0. The van der Waals surface area contributed by atoms with Crippen LogP contribution >= 0.6 is 11.8 Å². The molecular formula is C10H13N3O2S. The van der Waals surface area contributed by atoms with Crippen molar-refractivity contribution < 1.29 is 9.90 Å². The van der Waals surface area contributed by atoms with Gasteiger partial charge in [-0.3, -0.25) is 0 Å². The molecule has 0 aliphatic rings. The summed E-state index contributed by atoms with van der Waals surface area (Å²) in [7, 11) is 0. The first-order chi connectivity index (χ1) is 7.67. The van der Waals surface area contributed by atoms with Gasteiger partial charge in [-0.15, -0.1) is 0 Å². The molecule has 1 aromatic rings. The molecule has 0 radical (unpaired) electrons. The molecule has 1 rings (SSSR count). The van der Waals surface area contributed by atoms with Gasteiger partial charge in [-0.05, 0) is 19.3 Å². The minimum atomic E-state index is -0.989. The van der Waals surface area contributed by atoms with Gasteiger partial charge >= 0.3 is 5.97 Å². The number of hydrogen-bond donors (Lipinski definition) is 2. The minimum absolute atomic E-state index is 0.652. The molecule has 5 nitrogen and oxygen atoms in total. The monoisotopic (exact) mass is 239 g/mol. The molecule has 1 heterocycles. The molecule has 0 aliphatic heterocycles. The largest absolute Gasteiger partial charge is 0.478 e. The van der Waals surface area contributed by atoms with Gasteiger partial charge in [0.25, 0.3) is 0 Å². The molecule has 0 atom stereocenters. The Morgan fingerprint density at radius 1 is 1.69 bits per heavy atom. The first-order valence-corrected chi connectivity index (χ1v) is 5.95. The van der Waals surface area contributed by atoms with Gasteiger partial charge in [0.1, 0.15) is 5.82 Å². The summed E-state index contributed by atoms with van der Waals surface area (Å²) >= 11 is 1.44. The number of anilines is 1. The van der Waals surface area contributed by atoms with Crippen LogP contribution in [0.1, 0.15) is 12.5 Å². The number of aliphatic carboxylic acids is 1. The maximum atomic E-state index is 10.4. The Morgan fingerprint density at radius 2 is 2.44 bits per heavy atom. The van der Waals surface area contributed by atoms with Gasteiger partial charge in [-0.25, -0.2) is 14.8 Å². The summed E-state index contributed by atoms with van der Waals surface area (Å²) in [6.07, 6.45) is 6.04. The van der Waals surface area contributed by atoms with Crippen molar-refractivity contribution in [2.45, 2.75) is 12.1 Å². The smallest absolute Gasteiger partial charge is 0.328 e.